The summed E-state index contributed by atoms with van der Waals surface area (Å²) in [6.07, 6.45) is 0. The van der Waals surface area contributed by atoms with Gasteiger partial charge in [0.15, 0.2) is 0 Å². The fourth-order valence-electron chi connectivity index (χ4n) is 0.520. The van der Waals surface area contributed by atoms with Crippen molar-refractivity contribution in [1.82, 2.24) is 0 Å². The minimum atomic E-state index is 1.07. The van der Waals surface area contributed by atoms with Crippen LogP contribution in [0, 0.1) is 0 Å². The third kappa shape index (κ3) is 6.17. The molecule has 68 valence electrons. The molecular weight excluding hydrogens is 352 g/mol. The van der Waals surface area contributed by atoms with Gasteiger partial charge in [0.25, 0.3) is 0 Å². The van der Waals surface area contributed by atoms with E-state index in [2.05, 4.69) is 52.5 Å². The predicted octanol–water partition coefficient (Wildman–Crippen LogP) is 4.24. The van der Waals surface area contributed by atoms with Gasteiger partial charge in [0.2, 0.25) is 0 Å². The van der Waals surface area contributed by atoms with Crippen LogP contribution in [0.1, 0.15) is 0 Å². The average Bonchev–Trinajstić information content (AvgIpc) is 1.84. The summed E-state index contributed by atoms with van der Waals surface area (Å²) in [5, 5.41) is 0. The highest BCUT2D eigenvalue weighted by atomic mass is 79.9. The highest BCUT2D eigenvalue weighted by Crippen LogP contribution is 2.23. The van der Waals surface area contributed by atoms with Gasteiger partial charge in [-0.2, -0.15) is 0 Å². The lowest BCUT2D eigenvalue weighted by Gasteiger charge is -1.92. The van der Waals surface area contributed by atoms with Crippen molar-refractivity contribution in [3.63, 3.8) is 0 Å². The molecule has 0 saturated carbocycles. The maximum Gasteiger partial charge on any atom is 0.0351 e. The number of hydrogen-bond acceptors (Lipinski definition) is 1. The molecule has 0 aliphatic rings. The molecule has 0 fully saturated rings. The van der Waals surface area contributed by atoms with Crippen LogP contribution in [0.2, 0.25) is 0 Å². The summed E-state index contributed by atoms with van der Waals surface area (Å²) in [6, 6.07) is 5.97. The molecule has 1 nitrogen and oxygen atoms in total. The Bertz CT molecular complexity index is 187. The Hall–Kier alpha value is 0.620. The van der Waals surface area contributed by atoms with Gasteiger partial charge in [-0.3, -0.25) is 0 Å². The van der Waals surface area contributed by atoms with E-state index in [0.29, 0.717) is 0 Å². The van der Waals surface area contributed by atoms with Gasteiger partial charge in [-0.1, -0.05) is 47.8 Å². The molecular formula is C8H9Br3O. The molecule has 0 bridgehead atoms. The van der Waals surface area contributed by atoms with Gasteiger partial charge in [-0.05, 0) is 18.2 Å². The maximum atomic E-state index is 4.25. The molecule has 0 saturated heterocycles. The first-order chi connectivity index (χ1) is 5.60. The van der Waals surface area contributed by atoms with E-state index >= 15 is 0 Å². The molecule has 0 heterocycles. The van der Waals surface area contributed by atoms with Gasteiger partial charge < -0.3 is 4.74 Å². The van der Waals surface area contributed by atoms with Crippen LogP contribution in [0.4, 0.5) is 0 Å². The second kappa shape index (κ2) is 7.06. The molecule has 0 spiro atoms. The number of methoxy groups -OCH3 is 1. The lowest BCUT2D eigenvalue weighted by molar-refractivity contribution is 0.277. The minimum Gasteiger partial charge on any atom is -0.388 e. The summed E-state index contributed by atoms with van der Waals surface area (Å²) >= 11 is 10.1. The Morgan fingerprint density at radius 1 is 0.833 bits per heavy atom. The molecule has 12 heavy (non-hydrogen) atoms. The Balaban J connectivity index is 0.000000354. The monoisotopic (exact) mass is 358 g/mol. The molecule has 0 aromatic heterocycles. The molecule has 1 rings (SSSR count). The molecule has 4 heteroatoms. The minimum absolute atomic E-state index is 1.07. The zero-order chi connectivity index (χ0) is 9.56. The van der Waals surface area contributed by atoms with Gasteiger partial charge in [-0.15, -0.1) is 0 Å². The summed E-state index contributed by atoms with van der Waals surface area (Å²) in [6.45, 7) is 0. The molecule has 0 N–H and O–H groups in total. The van der Waals surface area contributed by atoms with E-state index in [0.717, 1.165) is 13.4 Å². The van der Waals surface area contributed by atoms with Crippen molar-refractivity contribution in [2.75, 3.05) is 14.2 Å². The predicted molar refractivity (Wildman–Crippen MR) is 62.5 cm³/mol. The molecule has 0 amide bonds. The van der Waals surface area contributed by atoms with E-state index in [1.54, 1.807) is 14.2 Å². The summed E-state index contributed by atoms with van der Waals surface area (Å²) in [5.41, 5.74) is 0. The van der Waals surface area contributed by atoms with Crippen molar-refractivity contribution >= 4 is 47.8 Å². The van der Waals surface area contributed by atoms with Gasteiger partial charge >= 0.3 is 0 Å². The quantitative estimate of drug-likeness (QED) is 0.672. The molecule has 0 aliphatic heterocycles. The normalized spacial score (nSPS) is 8.75. The third-order valence-electron chi connectivity index (χ3n) is 0.827. The molecule has 1 aromatic carbocycles. The smallest absolute Gasteiger partial charge is 0.0351 e. The number of benzene rings is 1. The zero-order valence-corrected chi connectivity index (χ0v) is 11.5. The van der Waals surface area contributed by atoms with E-state index < -0.39 is 0 Å². The highest BCUT2D eigenvalue weighted by Gasteiger charge is 1.91. The molecule has 0 unspecified atom stereocenters. The molecule has 0 aliphatic carbocycles. The summed E-state index contributed by atoms with van der Waals surface area (Å²) in [5.74, 6) is 0. The number of rotatable bonds is 0. The highest BCUT2D eigenvalue weighted by molar-refractivity contribution is 9.11. The first kappa shape index (κ1) is 12.6. The summed E-state index contributed by atoms with van der Waals surface area (Å²) in [7, 11) is 3.25. The lowest BCUT2D eigenvalue weighted by Crippen LogP contribution is -1.66. The zero-order valence-electron chi connectivity index (χ0n) is 6.77. The van der Waals surface area contributed by atoms with Gasteiger partial charge in [0.1, 0.15) is 0 Å². The van der Waals surface area contributed by atoms with Crippen LogP contribution in [0.15, 0.2) is 31.6 Å². The molecule has 0 radical (unpaired) electrons. The Kier molecular flexibility index (Phi) is 7.43. The van der Waals surface area contributed by atoms with Crippen LogP contribution in [-0.2, 0) is 4.74 Å². The Morgan fingerprint density at radius 2 is 1.00 bits per heavy atom. The third-order valence-corrected chi connectivity index (χ3v) is 2.20. The van der Waals surface area contributed by atoms with E-state index in [1.807, 2.05) is 18.2 Å². The Labute approximate surface area is 97.9 Å². The first-order valence-electron chi connectivity index (χ1n) is 3.12. The van der Waals surface area contributed by atoms with Gasteiger partial charge in [-0.25, -0.2) is 0 Å². The Morgan fingerprint density at radius 3 is 1.17 bits per heavy atom. The number of ether oxygens (including phenoxy) is 1. The largest absolute Gasteiger partial charge is 0.388 e. The fraction of sp³-hybridized carbons (Fsp3) is 0.250. The first-order valence-corrected chi connectivity index (χ1v) is 5.49. The van der Waals surface area contributed by atoms with Crippen LogP contribution in [-0.4, -0.2) is 14.2 Å². The molecule has 0 atom stereocenters. The van der Waals surface area contributed by atoms with Crippen LogP contribution < -0.4 is 0 Å². The van der Waals surface area contributed by atoms with Crippen molar-refractivity contribution in [3.8, 4) is 0 Å². The second-order valence-electron chi connectivity index (χ2n) is 2.00. The topological polar surface area (TPSA) is 9.23 Å². The van der Waals surface area contributed by atoms with Crippen LogP contribution in [0.5, 0.6) is 0 Å². The number of hydrogen-bond donors (Lipinski definition) is 0. The van der Waals surface area contributed by atoms with Gasteiger partial charge in [0.05, 0.1) is 0 Å². The van der Waals surface area contributed by atoms with Gasteiger partial charge in [0, 0.05) is 27.6 Å². The van der Waals surface area contributed by atoms with E-state index in [9.17, 15) is 0 Å². The van der Waals surface area contributed by atoms with E-state index in [4.69, 9.17) is 0 Å². The van der Waals surface area contributed by atoms with E-state index in [-0.39, 0.29) is 0 Å². The van der Waals surface area contributed by atoms with Crippen molar-refractivity contribution in [2.45, 2.75) is 0 Å². The van der Waals surface area contributed by atoms with Crippen molar-refractivity contribution in [2.24, 2.45) is 0 Å². The van der Waals surface area contributed by atoms with Crippen LogP contribution in [0.25, 0.3) is 0 Å². The summed E-state index contributed by atoms with van der Waals surface area (Å²) < 4.78 is 7.47. The SMILES string of the molecule is Brc1cc(Br)cc(Br)c1.COC. The van der Waals surface area contributed by atoms with Crippen LogP contribution in [0.3, 0.4) is 0 Å². The van der Waals surface area contributed by atoms with Crippen molar-refractivity contribution < 1.29 is 4.74 Å². The second-order valence-corrected chi connectivity index (χ2v) is 4.74. The van der Waals surface area contributed by atoms with Crippen molar-refractivity contribution in [3.05, 3.63) is 31.6 Å². The maximum absolute atomic E-state index is 4.25. The van der Waals surface area contributed by atoms with Crippen molar-refractivity contribution in [1.29, 1.82) is 0 Å². The van der Waals surface area contributed by atoms with Crippen LogP contribution >= 0.6 is 47.8 Å². The lowest BCUT2D eigenvalue weighted by atomic mass is 10.4. The fourth-order valence-corrected chi connectivity index (χ4v) is 2.92. The van der Waals surface area contributed by atoms with E-state index in [1.165, 1.54) is 0 Å². The standard InChI is InChI=1S/C6H3Br3.C2H6O/c7-4-1-5(8)3-6(9)2-4;1-3-2/h1-3H;1-2H3. The molecule has 1 aromatic rings. The number of halogens is 3. The summed E-state index contributed by atoms with van der Waals surface area (Å²) in [4.78, 5) is 0. The average molecular weight is 361 g/mol.